The quantitative estimate of drug-likeness (QED) is 0.102. The van der Waals surface area contributed by atoms with Gasteiger partial charge in [-0.2, -0.15) is 0 Å². The third kappa shape index (κ3) is 5.04. The lowest BCUT2D eigenvalue weighted by molar-refractivity contribution is -0.378. The number of aliphatic hydroxyl groups is 7. The lowest BCUT2D eigenvalue weighted by Gasteiger charge is -2.64. The Kier molecular flexibility index (Phi) is 8.10. The number of aliphatic hydroxyl groups excluding tert-OH is 7. The van der Waals surface area contributed by atoms with Crippen molar-refractivity contribution in [2.75, 3.05) is 13.2 Å². The maximum absolute atomic E-state index is 12.5. The zero-order valence-corrected chi connectivity index (χ0v) is 25.8. The predicted molar refractivity (Wildman–Crippen MR) is 154 cm³/mol. The van der Waals surface area contributed by atoms with Crippen molar-refractivity contribution in [3.05, 3.63) is 12.1 Å². The monoisotopic (exact) mass is 645 g/mol. The Morgan fingerprint density at radius 1 is 0.889 bits per heavy atom. The maximum Gasteiger partial charge on any atom is 0.309 e. The largest absolute Gasteiger partial charge is 0.481 e. The molecule has 2 bridgehead atoms. The van der Waals surface area contributed by atoms with Crippen molar-refractivity contribution >= 4 is 5.97 Å². The Morgan fingerprint density at radius 2 is 1.53 bits per heavy atom. The molecular formula is C32H50O13. The number of hydrogen-bond acceptors (Lipinski definition) is 12. The third-order valence-corrected chi connectivity index (χ3v) is 12.8. The normalized spacial score (nSPS) is 55.3. The van der Waals surface area contributed by atoms with Crippen LogP contribution in [-0.4, -0.2) is 127 Å². The minimum atomic E-state index is -1.82. The van der Waals surface area contributed by atoms with E-state index in [0.717, 1.165) is 12.8 Å². The summed E-state index contributed by atoms with van der Waals surface area (Å²) >= 11 is 0. The summed E-state index contributed by atoms with van der Waals surface area (Å²) in [6.07, 6.45) is -10.5. The zero-order valence-electron chi connectivity index (χ0n) is 27.8. The predicted octanol–water partition coefficient (Wildman–Crippen LogP) is -0.197. The molecule has 0 amide bonds. The number of ether oxygens (including phenoxy) is 4. The Labute approximate surface area is 265 Å². The minimum Gasteiger partial charge on any atom is -0.481 e. The first kappa shape index (κ1) is 31.1. The average Bonchev–Trinajstić information content (AvgIpc) is 3.26. The van der Waals surface area contributed by atoms with Crippen LogP contribution in [0.3, 0.4) is 0 Å². The molecule has 8 N–H and O–H groups in total. The molecule has 6 rings (SSSR count). The van der Waals surface area contributed by atoms with Crippen LogP contribution in [0.1, 0.15) is 74.4 Å². The number of carboxylic acids is 1. The average molecular weight is 646 g/mol. The SMILES string of the molecule is [2H][13C]([2H])=C1C[C@@]23CC[C@H]4[C@@](C)(CCC[C@@]4(C)C(=O)O)[C@@H]2CC[C@]1(O[C@@H]1O[C@H](CO)[C@@H](O)[C@H](O)[C@H]1O[C@@H]1O[C@H](CO)[C@@H](O)[C@H](O)[C@H]1O)C3. The first-order valence-corrected chi connectivity index (χ1v) is 16.2. The Morgan fingerprint density at radius 3 is 2.18 bits per heavy atom. The summed E-state index contributed by atoms with van der Waals surface area (Å²) in [5.74, 6) is -0.680. The second kappa shape index (κ2) is 11.7. The first-order valence-electron chi connectivity index (χ1n) is 17.2. The molecule has 4 aliphatic carbocycles. The summed E-state index contributed by atoms with van der Waals surface area (Å²) in [5.41, 5.74) is -2.23. The summed E-state index contributed by atoms with van der Waals surface area (Å²) in [5, 5.41) is 83.0. The number of carboxylic acid groups (broad SMARTS) is 1. The fourth-order valence-electron chi connectivity index (χ4n) is 10.5. The zero-order chi connectivity index (χ0) is 34.3. The fourth-order valence-corrected chi connectivity index (χ4v) is 10.5. The summed E-state index contributed by atoms with van der Waals surface area (Å²) in [4.78, 5) is 12.5. The van der Waals surface area contributed by atoms with Gasteiger partial charge in [0, 0.05) is 0 Å². The van der Waals surface area contributed by atoms with E-state index in [2.05, 4.69) is 6.92 Å². The number of hydrogen-bond donors (Lipinski definition) is 8. The van der Waals surface area contributed by atoms with E-state index < -0.39 is 98.1 Å². The first-order chi connectivity index (χ1) is 22.1. The van der Waals surface area contributed by atoms with Crippen molar-refractivity contribution < 1.29 is 67.3 Å². The second-order valence-corrected chi connectivity index (χ2v) is 15.1. The van der Waals surface area contributed by atoms with Gasteiger partial charge in [0.15, 0.2) is 12.6 Å². The van der Waals surface area contributed by atoms with Gasteiger partial charge in [0.2, 0.25) is 0 Å². The van der Waals surface area contributed by atoms with Gasteiger partial charge in [-0.25, -0.2) is 0 Å². The Balaban J connectivity index is 1.31. The van der Waals surface area contributed by atoms with E-state index in [-0.39, 0.29) is 22.7 Å². The van der Waals surface area contributed by atoms with E-state index in [1.54, 1.807) is 0 Å². The number of carbonyl (C=O) groups is 1. The molecule has 13 heteroatoms. The molecule has 6 fully saturated rings. The highest BCUT2D eigenvalue weighted by Crippen LogP contribution is 2.73. The lowest BCUT2D eigenvalue weighted by Crippen LogP contribution is -2.65. The summed E-state index contributed by atoms with van der Waals surface area (Å²) in [6, 6.07) is 0. The van der Waals surface area contributed by atoms with E-state index in [1.807, 2.05) is 6.92 Å². The van der Waals surface area contributed by atoms with E-state index >= 15 is 0 Å². The van der Waals surface area contributed by atoms with Gasteiger partial charge >= 0.3 is 5.97 Å². The van der Waals surface area contributed by atoms with Gasteiger partial charge in [-0.15, -0.1) is 0 Å². The smallest absolute Gasteiger partial charge is 0.309 e. The van der Waals surface area contributed by atoms with Crippen LogP contribution in [0.4, 0.5) is 0 Å². The van der Waals surface area contributed by atoms with Gasteiger partial charge in [-0.05, 0) is 86.5 Å². The molecule has 0 radical (unpaired) electrons. The fraction of sp³-hybridized carbons (Fsp3) is 0.906. The highest BCUT2D eigenvalue weighted by atomic mass is 16.8. The highest BCUT2D eigenvalue weighted by molar-refractivity contribution is 5.75. The number of rotatable bonds is 7. The molecule has 0 aromatic heterocycles. The van der Waals surface area contributed by atoms with Crippen LogP contribution < -0.4 is 0 Å². The lowest BCUT2D eigenvalue weighted by atomic mass is 9.41. The summed E-state index contributed by atoms with van der Waals surface area (Å²) in [7, 11) is 0. The van der Waals surface area contributed by atoms with E-state index in [4.69, 9.17) is 21.7 Å². The van der Waals surface area contributed by atoms with Crippen LogP contribution in [0, 0.1) is 28.1 Å². The molecule has 16 atom stereocenters. The highest BCUT2D eigenvalue weighted by Gasteiger charge is 2.69. The van der Waals surface area contributed by atoms with Crippen LogP contribution in [0.2, 0.25) is 0 Å². The molecule has 4 saturated carbocycles. The molecule has 1 spiro atoms. The number of aliphatic carboxylic acids is 1. The summed E-state index contributed by atoms with van der Waals surface area (Å²) in [6.45, 7) is 2.27. The van der Waals surface area contributed by atoms with E-state index in [9.17, 15) is 45.6 Å². The standard InChI is InChI=1S/C32H50O13/c1-15-11-31-9-5-18-29(2,7-4-8-30(18,3)28(40)41)19(31)6-10-32(15,14-31)45-27-25(23(38)21(36)17(13-34)43-27)44-26-24(39)22(37)20(35)16(12-33)42-26/h16-27,33-39H,1,4-14H2,2-3H3,(H,40,41)/t16-,17-,18+,19+,20-,21-,22+,23+,24-,25-,26+,27+,29-,30-,31-,32+/m1/s1/i1+1D2. The van der Waals surface area contributed by atoms with Crippen molar-refractivity contribution in [3.63, 3.8) is 0 Å². The molecule has 45 heavy (non-hydrogen) atoms. The topological polar surface area (TPSA) is 216 Å². The molecule has 2 saturated heterocycles. The van der Waals surface area contributed by atoms with Crippen LogP contribution in [0.25, 0.3) is 0 Å². The van der Waals surface area contributed by atoms with Crippen molar-refractivity contribution in [1.82, 2.24) is 0 Å². The Bertz CT molecular complexity index is 1230. The van der Waals surface area contributed by atoms with E-state index in [1.165, 1.54) is 0 Å². The molecule has 2 aliphatic heterocycles. The van der Waals surface area contributed by atoms with Crippen molar-refractivity contribution in [3.8, 4) is 0 Å². The van der Waals surface area contributed by atoms with Gasteiger partial charge in [-0.1, -0.05) is 19.9 Å². The van der Waals surface area contributed by atoms with Crippen molar-refractivity contribution in [2.45, 2.75) is 139 Å². The van der Waals surface area contributed by atoms with Gasteiger partial charge in [0.25, 0.3) is 0 Å². The molecular weight excluding hydrogens is 593 g/mol. The maximum atomic E-state index is 12.5. The molecule has 0 aromatic carbocycles. The van der Waals surface area contributed by atoms with Gasteiger partial charge in [0.05, 0.1) is 27.0 Å². The van der Waals surface area contributed by atoms with Crippen LogP contribution in [0.15, 0.2) is 12.1 Å². The van der Waals surface area contributed by atoms with Crippen molar-refractivity contribution in [2.24, 2.45) is 28.1 Å². The molecule has 256 valence electrons. The second-order valence-electron chi connectivity index (χ2n) is 15.1. The van der Waals surface area contributed by atoms with Crippen molar-refractivity contribution in [1.29, 1.82) is 0 Å². The molecule has 0 unspecified atom stereocenters. The molecule has 0 aromatic rings. The van der Waals surface area contributed by atoms with Gasteiger partial charge in [-0.3, -0.25) is 4.79 Å². The molecule has 13 nitrogen and oxygen atoms in total. The molecule has 2 heterocycles. The van der Waals surface area contributed by atoms with Crippen LogP contribution in [0.5, 0.6) is 0 Å². The van der Waals surface area contributed by atoms with E-state index in [0.29, 0.717) is 50.5 Å². The van der Waals surface area contributed by atoms with Crippen LogP contribution in [-0.2, 0) is 23.7 Å². The number of fused-ring (bicyclic) bond motifs is 3. The van der Waals surface area contributed by atoms with Crippen LogP contribution >= 0.6 is 0 Å². The molecule has 6 aliphatic rings. The third-order valence-electron chi connectivity index (χ3n) is 12.8. The van der Waals surface area contributed by atoms with Gasteiger partial charge in [0.1, 0.15) is 48.8 Å². The minimum absolute atomic E-state index is 0.0234. The summed E-state index contributed by atoms with van der Waals surface area (Å²) < 4.78 is 41.0. The van der Waals surface area contributed by atoms with Gasteiger partial charge < -0.3 is 59.8 Å². The Hall–Kier alpha value is -1.23.